The molecule has 3 aromatic rings. The molecule has 0 atom stereocenters. The van der Waals surface area contributed by atoms with Crippen molar-refractivity contribution < 1.29 is 27.6 Å². The number of carbonyl (C=O) groups excluding carboxylic acids is 1. The molecule has 12 nitrogen and oxygen atoms in total. The molecule has 37 heavy (non-hydrogen) atoms. The number of anilines is 3. The van der Waals surface area contributed by atoms with E-state index in [1.165, 1.54) is 24.5 Å². The quantitative estimate of drug-likeness (QED) is 0.206. The van der Waals surface area contributed by atoms with E-state index >= 15 is 0 Å². The number of hydrazone groups is 1. The Labute approximate surface area is 218 Å². The fraction of sp³-hybridized carbons (Fsp3) is 0.391. The van der Waals surface area contributed by atoms with Crippen molar-refractivity contribution in [1.29, 1.82) is 0 Å². The Bertz CT molecular complexity index is 1260. The van der Waals surface area contributed by atoms with Crippen LogP contribution in [-0.2, 0) is 23.1 Å². The zero-order chi connectivity index (χ0) is 26.3. The molecule has 3 heterocycles. The standard InChI is InChI=1S/C23H29N6O6PS/c1-4-33-36(31,34-5-2)20-22(29-11-13-32-14-12-29)35-18(26-20)15-24-28-23-27-19(17-9-7-6-8-10-17)21(37-23)25-16(3)30/h6-10,15H,4-5,11-14H2,1-3H3,(H,25,30)(H,27,28)/b24-15-. The van der Waals surface area contributed by atoms with Gasteiger partial charge in [0.05, 0.1) is 26.4 Å². The summed E-state index contributed by atoms with van der Waals surface area (Å²) in [4.78, 5) is 22.6. The number of rotatable bonds is 11. The van der Waals surface area contributed by atoms with Crippen LogP contribution in [0.3, 0.4) is 0 Å². The Kier molecular flexibility index (Phi) is 9.06. The summed E-state index contributed by atoms with van der Waals surface area (Å²) in [7, 11) is -3.72. The average Bonchev–Trinajstić information content (AvgIpc) is 3.50. The molecule has 14 heteroatoms. The van der Waals surface area contributed by atoms with E-state index in [4.69, 9.17) is 18.2 Å². The lowest BCUT2D eigenvalue weighted by atomic mass is 10.2. The fourth-order valence-corrected chi connectivity index (χ4v) is 6.10. The van der Waals surface area contributed by atoms with Crippen molar-refractivity contribution in [3.05, 3.63) is 36.2 Å². The molecule has 1 aromatic carbocycles. The Morgan fingerprint density at radius 3 is 2.54 bits per heavy atom. The number of ether oxygens (including phenoxy) is 1. The van der Waals surface area contributed by atoms with Crippen molar-refractivity contribution >= 4 is 52.5 Å². The molecule has 0 bridgehead atoms. The van der Waals surface area contributed by atoms with E-state index in [0.717, 1.165) is 5.56 Å². The largest absolute Gasteiger partial charge is 0.418 e. The summed E-state index contributed by atoms with van der Waals surface area (Å²) in [6, 6.07) is 9.51. The summed E-state index contributed by atoms with van der Waals surface area (Å²) in [5, 5.41) is 8.06. The van der Waals surface area contributed by atoms with Gasteiger partial charge in [0.1, 0.15) is 16.9 Å². The molecule has 0 aliphatic carbocycles. The van der Waals surface area contributed by atoms with E-state index < -0.39 is 7.60 Å². The molecule has 1 saturated heterocycles. The number of oxazole rings is 1. The lowest BCUT2D eigenvalue weighted by Gasteiger charge is -2.27. The predicted molar refractivity (Wildman–Crippen MR) is 143 cm³/mol. The van der Waals surface area contributed by atoms with Crippen LogP contribution in [0.5, 0.6) is 0 Å². The summed E-state index contributed by atoms with van der Waals surface area (Å²) >= 11 is 1.24. The number of hydrogen-bond acceptors (Lipinski definition) is 12. The second kappa shape index (κ2) is 12.4. The van der Waals surface area contributed by atoms with Crippen LogP contribution in [0.2, 0.25) is 0 Å². The summed E-state index contributed by atoms with van der Waals surface area (Å²) in [6.07, 6.45) is 1.36. The highest BCUT2D eigenvalue weighted by molar-refractivity contribution is 7.62. The third-order valence-corrected chi connectivity index (χ3v) is 7.95. The first-order valence-corrected chi connectivity index (χ1v) is 14.2. The number of nitrogens with one attached hydrogen (secondary N) is 2. The van der Waals surface area contributed by atoms with Crippen molar-refractivity contribution in [3.8, 4) is 11.3 Å². The number of amides is 1. The highest BCUT2D eigenvalue weighted by Crippen LogP contribution is 2.49. The average molecular weight is 549 g/mol. The molecular formula is C23H29N6O6PS. The third kappa shape index (κ3) is 6.62. The minimum absolute atomic E-state index is 0.105. The van der Waals surface area contributed by atoms with E-state index in [1.807, 2.05) is 35.2 Å². The van der Waals surface area contributed by atoms with Crippen LogP contribution >= 0.6 is 18.9 Å². The van der Waals surface area contributed by atoms with Gasteiger partial charge in [-0.15, -0.1) is 0 Å². The van der Waals surface area contributed by atoms with E-state index in [-0.39, 0.29) is 30.4 Å². The smallest absolute Gasteiger partial charge is 0.385 e. The van der Waals surface area contributed by atoms with Crippen molar-refractivity contribution in [2.75, 3.05) is 55.2 Å². The maximum atomic E-state index is 13.5. The number of hydrogen-bond donors (Lipinski definition) is 2. The Morgan fingerprint density at radius 2 is 1.89 bits per heavy atom. The van der Waals surface area contributed by atoms with E-state index in [9.17, 15) is 9.36 Å². The molecule has 0 spiro atoms. The molecule has 4 rings (SSSR count). The number of carbonyl (C=O) groups is 1. The second-order valence-corrected chi connectivity index (χ2v) is 10.7. The Morgan fingerprint density at radius 1 is 1.19 bits per heavy atom. The Hall–Kier alpha value is -3.09. The van der Waals surface area contributed by atoms with Gasteiger partial charge in [0.15, 0.2) is 0 Å². The van der Waals surface area contributed by atoms with Crippen LogP contribution in [0.1, 0.15) is 26.7 Å². The van der Waals surface area contributed by atoms with Crippen molar-refractivity contribution in [2.45, 2.75) is 20.8 Å². The summed E-state index contributed by atoms with van der Waals surface area (Å²) < 4.78 is 35.9. The fourth-order valence-electron chi connectivity index (χ4n) is 3.57. The van der Waals surface area contributed by atoms with Crippen molar-refractivity contribution in [1.82, 2.24) is 9.97 Å². The molecule has 198 valence electrons. The number of aromatic nitrogens is 2. The van der Waals surface area contributed by atoms with Gasteiger partial charge in [-0.3, -0.25) is 14.8 Å². The van der Waals surface area contributed by atoms with Gasteiger partial charge in [0.25, 0.3) is 0 Å². The second-order valence-electron chi connectivity index (χ2n) is 7.73. The molecule has 1 fully saturated rings. The van der Waals surface area contributed by atoms with Gasteiger partial charge in [0, 0.05) is 25.6 Å². The molecule has 2 aromatic heterocycles. The molecule has 0 saturated carbocycles. The summed E-state index contributed by atoms with van der Waals surface area (Å²) in [5.41, 5.74) is 4.44. The van der Waals surface area contributed by atoms with Crippen LogP contribution in [0, 0.1) is 0 Å². The van der Waals surface area contributed by atoms with E-state index in [0.29, 0.717) is 48.0 Å². The summed E-state index contributed by atoms with van der Waals surface area (Å²) in [6.45, 7) is 7.37. The van der Waals surface area contributed by atoms with Crippen LogP contribution < -0.4 is 21.1 Å². The SMILES string of the molecule is CCOP(=O)(OCC)c1nc(/C=N\Nc2nc(-c3ccccc3)c(NC(C)=O)s2)oc1N1CCOCC1. The number of benzene rings is 1. The third-order valence-electron chi connectivity index (χ3n) is 5.06. The first kappa shape index (κ1) is 27.0. The zero-order valence-corrected chi connectivity index (χ0v) is 22.5. The first-order chi connectivity index (χ1) is 17.9. The van der Waals surface area contributed by atoms with Gasteiger partial charge in [-0.25, -0.2) is 4.98 Å². The zero-order valence-electron chi connectivity index (χ0n) is 20.8. The molecule has 1 aliphatic rings. The van der Waals surface area contributed by atoms with Crippen LogP contribution in [0.4, 0.5) is 16.0 Å². The normalized spacial score (nSPS) is 14.3. The lowest BCUT2D eigenvalue weighted by Crippen LogP contribution is -2.38. The van der Waals surface area contributed by atoms with Gasteiger partial charge in [-0.05, 0) is 13.8 Å². The Balaban J connectivity index is 1.60. The number of nitrogens with zero attached hydrogens (tertiary/aromatic N) is 4. The van der Waals surface area contributed by atoms with E-state index in [1.54, 1.807) is 13.8 Å². The monoisotopic (exact) mass is 548 g/mol. The van der Waals surface area contributed by atoms with Gasteiger partial charge in [0.2, 0.25) is 28.2 Å². The van der Waals surface area contributed by atoms with Crippen LogP contribution in [0.15, 0.2) is 39.9 Å². The van der Waals surface area contributed by atoms with Gasteiger partial charge in [-0.2, -0.15) is 10.1 Å². The topological polar surface area (TPSA) is 140 Å². The first-order valence-electron chi connectivity index (χ1n) is 11.8. The van der Waals surface area contributed by atoms with Gasteiger partial charge >= 0.3 is 7.60 Å². The maximum absolute atomic E-state index is 13.5. The highest BCUT2D eigenvalue weighted by Gasteiger charge is 2.37. The minimum atomic E-state index is -3.72. The van der Waals surface area contributed by atoms with Gasteiger partial charge in [-0.1, -0.05) is 41.7 Å². The molecule has 1 amide bonds. The van der Waals surface area contributed by atoms with Crippen LogP contribution in [0.25, 0.3) is 11.3 Å². The number of morpholine rings is 1. The maximum Gasteiger partial charge on any atom is 0.385 e. The van der Waals surface area contributed by atoms with Crippen molar-refractivity contribution in [2.24, 2.45) is 5.10 Å². The predicted octanol–water partition coefficient (Wildman–Crippen LogP) is 3.93. The lowest BCUT2D eigenvalue weighted by molar-refractivity contribution is -0.114. The van der Waals surface area contributed by atoms with Gasteiger partial charge < -0.3 is 28.4 Å². The molecule has 0 radical (unpaired) electrons. The summed E-state index contributed by atoms with van der Waals surface area (Å²) in [5.74, 6) is 0.223. The highest BCUT2D eigenvalue weighted by atomic mass is 32.1. The van der Waals surface area contributed by atoms with Crippen molar-refractivity contribution in [3.63, 3.8) is 0 Å². The molecular weight excluding hydrogens is 519 g/mol. The van der Waals surface area contributed by atoms with Crippen LogP contribution in [-0.4, -0.2) is 61.6 Å². The molecule has 0 unspecified atom stereocenters. The molecule has 1 aliphatic heterocycles. The molecule has 2 N–H and O–H groups in total. The minimum Gasteiger partial charge on any atom is -0.418 e. The van der Waals surface area contributed by atoms with E-state index in [2.05, 4.69) is 25.8 Å². The number of thiazole rings is 1.